The normalized spacial score (nSPS) is 28.7. The minimum absolute atomic E-state index is 0.134. The average Bonchev–Trinajstić information content (AvgIpc) is 2.91. The van der Waals surface area contributed by atoms with Crippen molar-refractivity contribution in [2.75, 3.05) is 0 Å². The number of hydrogen-bond donors (Lipinski definition) is 0. The molecule has 2 bridgehead atoms. The van der Waals surface area contributed by atoms with Crippen LogP contribution in [0.2, 0.25) is 0 Å². The number of carbonyl (C=O) groups is 1. The molecule has 2 aliphatic heterocycles. The second-order valence-corrected chi connectivity index (χ2v) is 5.10. The summed E-state index contributed by atoms with van der Waals surface area (Å²) in [5, 5.41) is 0. The quantitative estimate of drug-likeness (QED) is 0.786. The number of nitrogens with zero attached hydrogens (tertiary/aromatic N) is 1. The fraction of sp³-hybridized carbons (Fsp3) is 0.545. The Hall–Kier alpha value is -0.770. The Labute approximate surface area is 96.6 Å². The summed E-state index contributed by atoms with van der Waals surface area (Å²) in [5.41, 5.74) is 0.667. The Morgan fingerprint density at radius 2 is 1.93 bits per heavy atom. The lowest BCUT2D eigenvalue weighted by molar-refractivity contribution is 0.0729. The molecule has 1 aromatic heterocycles. The second kappa shape index (κ2) is 3.37. The molecule has 4 heteroatoms. The van der Waals surface area contributed by atoms with Gasteiger partial charge in [-0.05, 0) is 41.6 Å². The molecular formula is C11H12BrNO2. The van der Waals surface area contributed by atoms with Crippen LogP contribution in [0.4, 0.5) is 0 Å². The van der Waals surface area contributed by atoms with E-state index in [0.717, 1.165) is 0 Å². The van der Waals surface area contributed by atoms with Gasteiger partial charge in [0.2, 0.25) is 0 Å². The number of furan rings is 1. The molecule has 15 heavy (non-hydrogen) atoms. The van der Waals surface area contributed by atoms with E-state index >= 15 is 0 Å². The summed E-state index contributed by atoms with van der Waals surface area (Å²) in [7, 11) is 0. The highest BCUT2D eigenvalue weighted by atomic mass is 79.9. The molecule has 0 N–H and O–H groups in total. The summed E-state index contributed by atoms with van der Waals surface area (Å²) < 4.78 is 5.73. The van der Waals surface area contributed by atoms with Crippen molar-refractivity contribution >= 4 is 21.8 Å². The zero-order valence-electron chi connectivity index (χ0n) is 8.28. The Morgan fingerprint density at radius 3 is 2.40 bits per heavy atom. The van der Waals surface area contributed by atoms with Crippen LogP contribution in [0.1, 0.15) is 36.0 Å². The van der Waals surface area contributed by atoms with Gasteiger partial charge in [0, 0.05) is 18.2 Å². The van der Waals surface area contributed by atoms with E-state index in [1.807, 2.05) is 0 Å². The van der Waals surface area contributed by atoms with Gasteiger partial charge in [0.05, 0.1) is 5.56 Å². The van der Waals surface area contributed by atoms with E-state index in [1.54, 1.807) is 6.07 Å². The molecule has 2 saturated heterocycles. The molecule has 3 heterocycles. The Morgan fingerprint density at radius 1 is 1.33 bits per heavy atom. The molecule has 0 atom stereocenters. The van der Waals surface area contributed by atoms with Gasteiger partial charge in [0.25, 0.3) is 5.91 Å². The highest BCUT2D eigenvalue weighted by Crippen LogP contribution is 2.38. The number of fused-ring (bicyclic) bond motifs is 2. The number of rotatable bonds is 1. The van der Waals surface area contributed by atoms with Crippen LogP contribution in [0.3, 0.4) is 0 Å². The SMILES string of the molecule is O=C(c1coc(Br)c1)N1C2CCC1CC2. The van der Waals surface area contributed by atoms with Gasteiger partial charge in [0.15, 0.2) is 4.67 Å². The van der Waals surface area contributed by atoms with Crippen LogP contribution in [-0.4, -0.2) is 22.9 Å². The van der Waals surface area contributed by atoms with Crippen LogP contribution in [0.15, 0.2) is 21.4 Å². The lowest BCUT2D eigenvalue weighted by Crippen LogP contribution is -2.34. The molecule has 0 radical (unpaired) electrons. The van der Waals surface area contributed by atoms with E-state index in [4.69, 9.17) is 4.42 Å². The predicted molar refractivity (Wildman–Crippen MR) is 58.6 cm³/mol. The van der Waals surface area contributed by atoms with Gasteiger partial charge in [-0.2, -0.15) is 0 Å². The molecule has 0 unspecified atom stereocenters. The molecule has 0 spiro atoms. The summed E-state index contributed by atoms with van der Waals surface area (Å²) in [6.07, 6.45) is 6.24. The zero-order valence-corrected chi connectivity index (χ0v) is 9.87. The number of halogens is 1. The number of amides is 1. The third-order valence-corrected chi connectivity index (χ3v) is 3.92. The van der Waals surface area contributed by atoms with Gasteiger partial charge >= 0.3 is 0 Å². The van der Waals surface area contributed by atoms with Gasteiger partial charge in [-0.25, -0.2) is 0 Å². The predicted octanol–water partition coefficient (Wildman–Crippen LogP) is 2.81. The van der Waals surface area contributed by atoms with E-state index < -0.39 is 0 Å². The maximum atomic E-state index is 12.2. The molecule has 3 rings (SSSR count). The molecule has 0 aliphatic carbocycles. The zero-order chi connectivity index (χ0) is 10.4. The van der Waals surface area contributed by atoms with Crippen LogP contribution >= 0.6 is 15.9 Å². The first-order valence-electron chi connectivity index (χ1n) is 5.32. The van der Waals surface area contributed by atoms with Crippen molar-refractivity contribution in [3.63, 3.8) is 0 Å². The minimum Gasteiger partial charge on any atom is -0.457 e. The molecule has 2 fully saturated rings. The van der Waals surface area contributed by atoms with Crippen molar-refractivity contribution in [3.8, 4) is 0 Å². The van der Waals surface area contributed by atoms with Crippen LogP contribution in [0, 0.1) is 0 Å². The van der Waals surface area contributed by atoms with Crippen molar-refractivity contribution < 1.29 is 9.21 Å². The number of hydrogen-bond acceptors (Lipinski definition) is 2. The third-order valence-electron chi connectivity index (χ3n) is 3.50. The van der Waals surface area contributed by atoms with Gasteiger partial charge in [-0.3, -0.25) is 4.79 Å². The standard InChI is InChI=1S/C11H12BrNO2/c12-10-5-7(6-15-10)11(14)13-8-1-2-9(13)4-3-8/h5-6,8-9H,1-4H2. The van der Waals surface area contributed by atoms with E-state index in [0.29, 0.717) is 22.3 Å². The highest BCUT2D eigenvalue weighted by Gasteiger charge is 2.42. The van der Waals surface area contributed by atoms with Crippen molar-refractivity contribution in [1.29, 1.82) is 0 Å². The first kappa shape index (κ1) is 9.46. The molecule has 1 amide bonds. The van der Waals surface area contributed by atoms with Gasteiger partial charge in [-0.1, -0.05) is 0 Å². The Bertz CT molecular complexity index is 381. The second-order valence-electron chi connectivity index (χ2n) is 4.31. The summed E-state index contributed by atoms with van der Waals surface area (Å²) >= 11 is 3.22. The number of carbonyl (C=O) groups excluding carboxylic acids is 1. The Kier molecular flexibility index (Phi) is 2.12. The van der Waals surface area contributed by atoms with Gasteiger partial charge in [-0.15, -0.1) is 0 Å². The molecular weight excluding hydrogens is 258 g/mol. The van der Waals surface area contributed by atoms with Crippen molar-refractivity contribution in [3.05, 3.63) is 22.6 Å². The molecule has 80 valence electrons. The summed E-state index contributed by atoms with van der Waals surface area (Å²) in [5.74, 6) is 0.134. The minimum atomic E-state index is 0.134. The van der Waals surface area contributed by atoms with Gasteiger partial charge in [0.1, 0.15) is 6.26 Å². The average molecular weight is 270 g/mol. The van der Waals surface area contributed by atoms with Crippen molar-refractivity contribution in [1.82, 2.24) is 4.90 Å². The monoisotopic (exact) mass is 269 g/mol. The summed E-state index contributed by atoms with van der Waals surface area (Å²) in [4.78, 5) is 14.2. The van der Waals surface area contributed by atoms with Crippen LogP contribution in [-0.2, 0) is 0 Å². The molecule has 1 aromatic rings. The van der Waals surface area contributed by atoms with E-state index in [2.05, 4.69) is 20.8 Å². The van der Waals surface area contributed by atoms with Crippen LogP contribution < -0.4 is 0 Å². The van der Waals surface area contributed by atoms with Gasteiger partial charge < -0.3 is 9.32 Å². The lowest BCUT2D eigenvalue weighted by Gasteiger charge is -2.20. The first-order chi connectivity index (χ1) is 7.25. The molecule has 0 saturated carbocycles. The maximum Gasteiger partial charge on any atom is 0.257 e. The van der Waals surface area contributed by atoms with Crippen LogP contribution in [0.5, 0.6) is 0 Å². The van der Waals surface area contributed by atoms with E-state index in [1.165, 1.54) is 31.9 Å². The fourth-order valence-corrected chi connectivity index (χ4v) is 3.16. The first-order valence-corrected chi connectivity index (χ1v) is 6.11. The molecule has 3 nitrogen and oxygen atoms in total. The topological polar surface area (TPSA) is 33.5 Å². The largest absolute Gasteiger partial charge is 0.457 e. The smallest absolute Gasteiger partial charge is 0.257 e. The van der Waals surface area contributed by atoms with Crippen molar-refractivity contribution in [2.24, 2.45) is 0 Å². The molecule has 0 aromatic carbocycles. The van der Waals surface area contributed by atoms with Crippen molar-refractivity contribution in [2.45, 2.75) is 37.8 Å². The highest BCUT2D eigenvalue weighted by molar-refractivity contribution is 9.10. The van der Waals surface area contributed by atoms with E-state index in [9.17, 15) is 4.79 Å². The van der Waals surface area contributed by atoms with Crippen LogP contribution in [0.25, 0.3) is 0 Å². The maximum absolute atomic E-state index is 12.2. The van der Waals surface area contributed by atoms with E-state index in [-0.39, 0.29) is 5.91 Å². The summed E-state index contributed by atoms with van der Waals surface area (Å²) in [6.45, 7) is 0. The third kappa shape index (κ3) is 1.42. The Balaban J connectivity index is 1.86. The lowest BCUT2D eigenvalue weighted by atomic mass is 10.0. The summed E-state index contributed by atoms with van der Waals surface area (Å²) in [6, 6.07) is 2.72. The fourth-order valence-electron chi connectivity index (χ4n) is 2.82. The molecule has 2 aliphatic rings.